The van der Waals surface area contributed by atoms with Gasteiger partial charge in [-0.2, -0.15) is 22.8 Å². The van der Waals surface area contributed by atoms with Gasteiger partial charge in [0.05, 0.1) is 11.8 Å². The summed E-state index contributed by atoms with van der Waals surface area (Å²) in [6.45, 7) is 0.102. The molecule has 0 saturated carbocycles. The van der Waals surface area contributed by atoms with Gasteiger partial charge in [-0.3, -0.25) is 4.79 Å². The summed E-state index contributed by atoms with van der Waals surface area (Å²) < 4.78 is 38.8. The molecule has 0 spiro atoms. The topological polar surface area (TPSA) is 45.3 Å². The summed E-state index contributed by atoms with van der Waals surface area (Å²) in [5.41, 5.74) is 2.04. The number of carbonyl (C=O) groups is 1. The normalized spacial score (nSPS) is 11.6. The Labute approximate surface area is 124 Å². The summed E-state index contributed by atoms with van der Waals surface area (Å²) in [4.78, 5) is 11.6. The molecule has 0 aliphatic rings. The number of amides is 1. The Kier molecular flexibility index (Phi) is 4.88. The van der Waals surface area contributed by atoms with Crippen molar-refractivity contribution in [1.29, 1.82) is 0 Å². The first-order valence-electron chi connectivity index (χ1n) is 6.38. The van der Waals surface area contributed by atoms with Gasteiger partial charge < -0.3 is 0 Å². The van der Waals surface area contributed by atoms with E-state index in [2.05, 4.69) is 10.5 Å². The van der Waals surface area contributed by atoms with Gasteiger partial charge in [-0.05, 0) is 17.7 Å². The van der Waals surface area contributed by atoms with Gasteiger partial charge in [-0.25, -0.2) is 5.43 Å². The van der Waals surface area contributed by atoms with Crippen LogP contribution in [0, 0.1) is 0 Å². The molecular weight excluding hydrogens is 295 g/mol. The Balaban J connectivity index is 1.88. The molecule has 1 aromatic heterocycles. The predicted molar refractivity (Wildman–Crippen MR) is 73.8 cm³/mol. The van der Waals surface area contributed by atoms with Crippen LogP contribution < -0.4 is 9.99 Å². The number of alkyl halides is 3. The molecule has 0 saturated heterocycles. The average molecular weight is 308 g/mol. The molecule has 22 heavy (non-hydrogen) atoms. The molecule has 0 bridgehead atoms. The lowest BCUT2D eigenvalue weighted by Gasteiger charge is -2.05. The lowest BCUT2D eigenvalue weighted by molar-refractivity contribution is -0.684. The number of benzene rings is 1. The third kappa shape index (κ3) is 4.69. The van der Waals surface area contributed by atoms with E-state index in [-0.39, 0.29) is 12.5 Å². The van der Waals surface area contributed by atoms with Crippen LogP contribution in [0.1, 0.15) is 11.1 Å². The molecule has 0 atom stereocenters. The number of pyridine rings is 1. The van der Waals surface area contributed by atoms with Crippen LogP contribution in [0.5, 0.6) is 0 Å². The number of aromatic nitrogens is 1. The predicted octanol–water partition coefficient (Wildman–Crippen LogP) is 2.14. The van der Waals surface area contributed by atoms with E-state index in [0.29, 0.717) is 5.56 Å². The summed E-state index contributed by atoms with van der Waals surface area (Å²) in [5.74, 6) is -0.334. The highest BCUT2D eigenvalue weighted by atomic mass is 19.4. The zero-order chi connectivity index (χ0) is 16.0. The van der Waals surface area contributed by atoms with E-state index in [9.17, 15) is 18.0 Å². The van der Waals surface area contributed by atoms with Crippen molar-refractivity contribution >= 4 is 12.1 Å². The molecular formula is C15H13F3N3O+. The number of hydrogen-bond donors (Lipinski definition) is 1. The van der Waals surface area contributed by atoms with Crippen LogP contribution in [0.2, 0.25) is 0 Å². The highest BCUT2D eigenvalue weighted by molar-refractivity contribution is 5.82. The van der Waals surface area contributed by atoms with E-state index < -0.39 is 11.7 Å². The van der Waals surface area contributed by atoms with Crippen molar-refractivity contribution in [2.75, 3.05) is 0 Å². The fourth-order valence-electron chi connectivity index (χ4n) is 1.68. The Bertz CT molecular complexity index is 652. The minimum absolute atomic E-state index is 0.102. The highest BCUT2D eigenvalue weighted by Gasteiger charge is 2.29. The maximum absolute atomic E-state index is 12.4. The second kappa shape index (κ2) is 6.84. The van der Waals surface area contributed by atoms with Gasteiger partial charge in [0, 0.05) is 12.1 Å². The van der Waals surface area contributed by atoms with Gasteiger partial charge in [0.25, 0.3) is 0 Å². The van der Waals surface area contributed by atoms with Crippen molar-refractivity contribution < 1.29 is 22.5 Å². The van der Waals surface area contributed by atoms with Crippen molar-refractivity contribution in [2.45, 2.75) is 12.7 Å². The maximum Gasteiger partial charge on any atom is 0.416 e. The fourth-order valence-corrected chi connectivity index (χ4v) is 1.68. The summed E-state index contributed by atoms with van der Waals surface area (Å²) in [6.07, 6.45) is 0.392. The minimum Gasteiger partial charge on any atom is -0.266 e. The van der Waals surface area contributed by atoms with E-state index in [1.807, 2.05) is 6.07 Å². The summed E-state index contributed by atoms with van der Waals surface area (Å²) in [5, 5.41) is 3.71. The molecule has 114 valence electrons. The molecule has 1 N–H and O–H groups in total. The largest absolute Gasteiger partial charge is 0.416 e. The van der Waals surface area contributed by atoms with Gasteiger partial charge in [0.1, 0.15) is 0 Å². The summed E-state index contributed by atoms with van der Waals surface area (Å²) >= 11 is 0. The molecule has 0 fully saturated rings. The molecule has 7 heteroatoms. The summed E-state index contributed by atoms with van der Waals surface area (Å²) in [6, 6.07) is 9.90. The molecule has 1 aromatic carbocycles. The Hall–Kier alpha value is -2.70. The highest BCUT2D eigenvalue weighted by Crippen LogP contribution is 2.28. The first-order valence-corrected chi connectivity index (χ1v) is 6.38. The molecule has 0 radical (unpaired) electrons. The fraction of sp³-hybridized carbons (Fsp3) is 0.133. The number of carbonyl (C=O) groups excluding carboxylic acids is 1. The maximum atomic E-state index is 12.4. The first kappa shape index (κ1) is 15.7. The minimum atomic E-state index is -4.36. The zero-order valence-electron chi connectivity index (χ0n) is 11.4. The number of nitrogens with one attached hydrogen (secondary N) is 1. The van der Waals surface area contributed by atoms with E-state index in [1.165, 1.54) is 18.3 Å². The van der Waals surface area contributed by atoms with E-state index >= 15 is 0 Å². The molecule has 1 heterocycles. The Morgan fingerprint density at radius 3 is 2.36 bits per heavy atom. The average Bonchev–Trinajstić information content (AvgIpc) is 2.48. The molecule has 4 nitrogen and oxygen atoms in total. The van der Waals surface area contributed by atoms with Crippen LogP contribution in [-0.2, 0) is 17.5 Å². The lowest BCUT2D eigenvalue weighted by Crippen LogP contribution is -2.40. The molecule has 1 amide bonds. The second-order valence-corrected chi connectivity index (χ2v) is 4.46. The van der Waals surface area contributed by atoms with Gasteiger partial charge >= 0.3 is 12.1 Å². The third-order valence-corrected chi connectivity index (χ3v) is 2.74. The molecule has 0 aliphatic carbocycles. The van der Waals surface area contributed by atoms with E-state index in [4.69, 9.17) is 0 Å². The van der Waals surface area contributed by atoms with Crippen LogP contribution in [0.25, 0.3) is 0 Å². The van der Waals surface area contributed by atoms with Crippen LogP contribution >= 0.6 is 0 Å². The van der Waals surface area contributed by atoms with E-state index in [0.717, 1.165) is 12.1 Å². The van der Waals surface area contributed by atoms with Crippen molar-refractivity contribution in [2.24, 2.45) is 5.10 Å². The van der Waals surface area contributed by atoms with Gasteiger partial charge in [-0.15, -0.1) is 0 Å². The van der Waals surface area contributed by atoms with Crippen molar-refractivity contribution in [1.82, 2.24) is 5.43 Å². The molecule has 2 aromatic rings. The molecule has 2 rings (SSSR count). The first-order chi connectivity index (χ1) is 10.4. The standard InChI is InChI=1S/C15H12F3N3O/c16-15(17,18)13-6-4-12(5-7-13)10-19-20-14(22)11-21-8-2-1-3-9-21/h1-10H,11H2/p+1. The smallest absolute Gasteiger partial charge is 0.266 e. The monoisotopic (exact) mass is 308 g/mol. The molecule has 0 unspecified atom stereocenters. The van der Waals surface area contributed by atoms with Crippen LogP contribution in [0.3, 0.4) is 0 Å². The number of rotatable bonds is 4. The van der Waals surface area contributed by atoms with Gasteiger partial charge in [-0.1, -0.05) is 18.2 Å². The second-order valence-electron chi connectivity index (χ2n) is 4.46. The lowest BCUT2D eigenvalue weighted by atomic mass is 10.1. The Morgan fingerprint density at radius 2 is 1.77 bits per heavy atom. The zero-order valence-corrected chi connectivity index (χ0v) is 11.4. The van der Waals surface area contributed by atoms with Crippen molar-refractivity contribution in [3.63, 3.8) is 0 Å². The third-order valence-electron chi connectivity index (χ3n) is 2.74. The Morgan fingerprint density at radius 1 is 1.14 bits per heavy atom. The van der Waals surface area contributed by atoms with Crippen LogP contribution in [-0.4, -0.2) is 12.1 Å². The number of halogens is 3. The van der Waals surface area contributed by atoms with Crippen LogP contribution in [0.15, 0.2) is 60.0 Å². The summed E-state index contributed by atoms with van der Waals surface area (Å²) in [7, 11) is 0. The number of hydrogen-bond acceptors (Lipinski definition) is 2. The van der Waals surface area contributed by atoms with Gasteiger partial charge in [0.15, 0.2) is 12.4 Å². The van der Waals surface area contributed by atoms with Crippen LogP contribution in [0.4, 0.5) is 13.2 Å². The van der Waals surface area contributed by atoms with Gasteiger partial charge in [0.2, 0.25) is 6.54 Å². The molecule has 0 aliphatic heterocycles. The quantitative estimate of drug-likeness (QED) is 0.525. The van der Waals surface area contributed by atoms with Crippen molar-refractivity contribution in [3.05, 3.63) is 66.0 Å². The number of hydrazone groups is 1. The van der Waals surface area contributed by atoms with Crippen molar-refractivity contribution in [3.8, 4) is 0 Å². The number of nitrogens with zero attached hydrogens (tertiary/aromatic N) is 2. The van der Waals surface area contributed by atoms with E-state index in [1.54, 1.807) is 29.1 Å². The SMILES string of the molecule is O=C(C[n+]1ccccc1)NN=Cc1ccc(C(F)(F)F)cc1.